The summed E-state index contributed by atoms with van der Waals surface area (Å²) in [5, 5.41) is 3.88. The maximum absolute atomic E-state index is 13.0. The topological polar surface area (TPSA) is 58.6 Å². The average molecular weight is 354 g/mol. The van der Waals surface area contributed by atoms with E-state index < -0.39 is 0 Å². The molecule has 1 saturated carbocycles. The Morgan fingerprint density at radius 3 is 3.00 bits per heavy atom. The predicted octanol–water partition coefficient (Wildman–Crippen LogP) is 3.06. The monoisotopic (exact) mass is 354 g/mol. The molecule has 3 heterocycles. The number of nitrogens with one attached hydrogen (secondary N) is 1. The second kappa shape index (κ2) is 5.48. The number of ether oxygens (including phenoxy) is 1. The van der Waals surface area contributed by atoms with E-state index in [4.69, 9.17) is 4.74 Å². The molecule has 1 aromatic rings. The molecule has 2 saturated heterocycles. The summed E-state index contributed by atoms with van der Waals surface area (Å²) >= 11 is 0. The van der Waals surface area contributed by atoms with Crippen LogP contribution in [0.25, 0.3) is 0 Å². The van der Waals surface area contributed by atoms with Crippen molar-refractivity contribution in [1.82, 2.24) is 4.90 Å². The van der Waals surface area contributed by atoms with Crippen molar-refractivity contribution >= 4 is 17.6 Å². The summed E-state index contributed by atoms with van der Waals surface area (Å²) in [4.78, 5) is 26.5. The van der Waals surface area contributed by atoms with E-state index in [0.717, 1.165) is 38.6 Å². The van der Waals surface area contributed by atoms with Crippen molar-refractivity contribution in [3.63, 3.8) is 0 Å². The highest BCUT2D eigenvalue weighted by atomic mass is 16.5. The van der Waals surface area contributed by atoms with Gasteiger partial charge in [-0.25, -0.2) is 0 Å². The van der Waals surface area contributed by atoms with Crippen LogP contribution in [0.5, 0.6) is 0 Å². The van der Waals surface area contributed by atoms with Gasteiger partial charge >= 0.3 is 5.97 Å². The minimum Gasteiger partial charge on any atom is -0.466 e. The summed E-state index contributed by atoms with van der Waals surface area (Å²) in [5.74, 6) is 0.347. The van der Waals surface area contributed by atoms with E-state index in [9.17, 15) is 9.59 Å². The van der Waals surface area contributed by atoms with Crippen LogP contribution >= 0.6 is 0 Å². The molecule has 4 atom stereocenters. The van der Waals surface area contributed by atoms with Gasteiger partial charge in [0, 0.05) is 31.5 Å². The highest BCUT2D eigenvalue weighted by Gasteiger charge is 2.68. The lowest BCUT2D eigenvalue weighted by atomic mass is 9.64. The lowest BCUT2D eigenvalue weighted by molar-refractivity contribution is -0.150. The van der Waals surface area contributed by atoms with E-state index in [0.29, 0.717) is 18.9 Å². The van der Waals surface area contributed by atoms with Crippen LogP contribution < -0.4 is 5.32 Å². The first-order valence-electron chi connectivity index (χ1n) is 9.86. The van der Waals surface area contributed by atoms with Crippen LogP contribution in [0.15, 0.2) is 24.3 Å². The van der Waals surface area contributed by atoms with Gasteiger partial charge in [0.2, 0.25) is 5.91 Å². The summed E-state index contributed by atoms with van der Waals surface area (Å²) in [5.41, 5.74) is 2.53. The Bertz CT molecular complexity index is 778. The van der Waals surface area contributed by atoms with Gasteiger partial charge in [-0.1, -0.05) is 18.2 Å². The van der Waals surface area contributed by atoms with Crippen LogP contribution in [-0.2, 0) is 14.3 Å². The van der Waals surface area contributed by atoms with Crippen LogP contribution in [0.3, 0.4) is 0 Å². The fourth-order valence-corrected chi connectivity index (χ4v) is 6.54. The number of rotatable bonds is 3. The summed E-state index contributed by atoms with van der Waals surface area (Å²) < 4.78 is 5.30. The minimum absolute atomic E-state index is 0.0474. The zero-order valence-electron chi connectivity index (χ0n) is 15.3. The Kier molecular flexibility index (Phi) is 3.40. The molecule has 1 aromatic carbocycles. The van der Waals surface area contributed by atoms with E-state index in [1.807, 2.05) is 0 Å². The van der Waals surface area contributed by atoms with E-state index in [1.165, 1.54) is 18.2 Å². The van der Waals surface area contributed by atoms with Crippen LogP contribution in [-0.4, -0.2) is 41.5 Å². The molecular weight excluding hydrogens is 328 g/mol. The van der Waals surface area contributed by atoms with Crippen LogP contribution in [0.1, 0.15) is 56.9 Å². The van der Waals surface area contributed by atoms with E-state index >= 15 is 0 Å². The maximum atomic E-state index is 13.0. The molecule has 3 aliphatic heterocycles. The highest BCUT2D eigenvalue weighted by molar-refractivity contribution is 5.83. The number of hydrogen-bond acceptors (Lipinski definition) is 4. The zero-order valence-corrected chi connectivity index (χ0v) is 15.3. The number of amides is 1. The van der Waals surface area contributed by atoms with Gasteiger partial charge in [0.15, 0.2) is 0 Å². The molecule has 5 heteroatoms. The lowest BCUT2D eigenvalue weighted by Crippen LogP contribution is -2.67. The number of benzene rings is 1. The van der Waals surface area contributed by atoms with Crippen molar-refractivity contribution in [3.8, 4) is 0 Å². The van der Waals surface area contributed by atoms with Crippen molar-refractivity contribution in [3.05, 3.63) is 29.8 Å². The lowest BCUT2D eigenvalue weighted by Gasteiger charge is -2.56. The molecule has 1 aliphatic carbocycles. The number of hydrogen-bond donors (Lipinski definition) is 1. The number of fused-ring (bicyclic) bond motifs is 2. The Hall–Kier alpha value is -2.04. The number of nitrogens with zero attached hydrogens (tertiary/aromatic N) is 1. The molecule has 3 fully saturated rings. The Morgan fingerprint density at radius 1 is 1.31 bits per heavy atom. The van der Waals surface area contributed by atoms with Gasteiger partial charge in [0.1, 0.15) is 0 Å². The van der Waals surface area contributed by atoms with E-state index in [1.54, 1.807) is 0 Å². The molecule has 0 unspecified atom stereocenters. The number of anilines is 1. The molecule has 138 valence electrons. The van der Waals surface area contributed by atoms with Gasteiger partial charge in [0.05, 0.1) is 18.2 Å². The van der Waals surface area contributed by atoms with Crippen LogP contribution in [0.4, 0.5) is 5.69 Å². The number of carbonyl (C=O) groups excluding carboxylic acids is 2. The summed E-state index contributed by atoms with van der Waals surface area (Å²) in [6, 6.07) is 8.70. The predicted molar refractivity (Wildman–Crippen MR) is 97.8 cm³/mol. The van der Waals surface area contributed by atoms with Gasteiger partial charge in [-0.05, 0) is 49.1 Å². The fraction of sp³-hybridized carbons (Fsp3) is 0.619. The quantitative estimate of drug-likeness (QED) is 0.848. The molecular formula is C21H26N2O3. The molecule has 0 radical (unpaired) electrons. The fourth-order valence-electron chi connectivity index (χ4n) is 6.54. The summed E-state index contributed by atoms with van der Waals surface area (Å²) in [6.07, 6.45) is 5.82. The molecule has 1 amide bonds. The van der Waals surface area contributed by atoms with Gasteiger partial charge in [-0.15, -0.1) is 0 Å². The van der Waals surface area contributed by atoms with Gasteiger partial charge in [0.25, 0.3) is 0 Å². The standard InChI is InChI=1S/C21H26N2O3/c1-14(24)26-12-10-20-7-4-11-23-18(25)13-16-15-5-2-3-6-17(15)22-21(16,9-8-20)19(20)23/h2-3,5-6,16,19,22H,4,7-13H2,1H3/t16-,19-,20-,21+/m1/s1. The van der Waals surface area contributed by atoms with Crippen molar-refractivity contribution in [2.24, 2.45) is 5.41 Å². The summed E-state index contributed by atoms with van der Waals surface area (Å²) in [7, 11) is 0. The Labute approximate surface area is 154 Å². The molecule has 5 rings (SSSR count). The van der Waals surface area contributed by atoms with Crippen molar-refractivity contribution in [2.45, 2.75) is 62.9 Å². The third kappa shape index (κ3) is 2.03. The smallest absolute Gasteiger partial charge is 0.302 e. The SMILES string of the molecule is CC(=O)OCC[C@@]12CCCN3C(=O)C[C@@H]4c5ccccc5N[C@]4(CC1)[C@H]32. The molecule has 1 spiro atoms. The van der Waals surface area contributed by atoms with Crippen molar-refractivity contribution in [2.75, 3.05) is 18.5 Å². The van der Waals surface area contributed by atoms with Crippen LogP contribution in [0, 0.1) is 5.41 Å². The molecule has 5 nitrogen and oxygen atoms in total. The number of para-hydroxylation sites is 1. The second-order valence-corrected chi connectivity index (χ2v) is 8.55. The Morgan fingerprint density at radius 2 is 2.15 bits per heavy atom. The van der Waals surface area contributed by atoms with Crippen molar-refractivity contribution < 1.29 is 14.3 Å². The first-order valence-corrected chi connectivity index (χ1v) is 9.86. The minimum atomic E-state index is -0.217. The van der Waals surface area contributed by atoms with Gasteiger partial charge in [-0.3, -0.25) is 9.59 Å². The largest absolute Gasteiger partial charge is 0.466 e. The normalized spacial score (nSPS) is 36.8. The third-order valence-corrected chi connectivity index (χ3v) is 7.42. The van der Waals surface area contributed by atoms with Crippen molar-refractivity contribution in [1.29, 1.82) is 0 Å². The van der Waals surface area contributed by atoms with Crippen LogP contribution in [0.2, 0.25) is 0 Å². The first-order chi connectivity index (χ1) is 12.6. The Balaban J connectivity index is 1.54. The number of piperidine rings is 2. The first kappa shape index (κ1) is 16.2. The molecule has 0 aromatic heterocycles. The highest BCUT2D eigenvalue weighted by Crippen LogP contribution is 2.64. The second-order valence-electron chi connectivity index (χ2n) is 8.55. The van der Waals surface area contributed by atoms with E-state index in [-0.39, 0.29) is 28.9 Å². The maximum Gasteiger partial charge on any atom is 0.302 e. The van der Waals surface area contributed by atoms with E-state index in [2.05, 4.69) is 34.5 Å². The van der Waals surface area contributed by atoms with Gasteiger partial charge in [-0.2, -0.15) is 0 Å². The molecule has 4 aliphatic rings. The van der Waals surface area contributed by atoms with Gasteiger partial charge < -0.3 is 15.0 Å². The molecule has 1 N–H and O–H groups in total. The number of esters is 1. The third-order valence-electron chi connectivity index (χ3n) is 7.42. The number of carbonyl (C=O) groups is 2. The zero-order chi connectivity index (χ0) is 17.9. The molecule has 26 heavy (non-hydrogen) atoms. The average Bonchev–Trinajstić information content (AvgIpc) is 3.12. The summed E-state index contributed by atoms with van der Waals surface area (Å²) in [6.45, 7) is 2.79. The molecule has 0 bridgehead atoms.